The molecule has 4 amide bonds. The third kappa shape index (κ3) is 3.37. The first kappa shape index (κ1) is 18.5. The number of benzene rings is 1. The van der Waals surface area contributed by atoms with Gasteiger partial charge in [0.2, 0.25) is 5.91 Å². The summed E-state index contributed by atoms with van der Waals surface area (Å²) in [7, 11) is 0. The Hall–Kier alpha value is -2.83. The standard InChI is InChI=1S/C21H25N3O4/c1-14(17-13-15-7-2-3-8-16(15)28-17)22-18(25)9-6-12-24-19(26)21(23-20(24)27)10-4-5-11-21/h2-3,7-8,13-14H,4-6,9-12H2,1H3,(H,22,25)(H,23,27)/t14-/m0/s1. The van der Waals surface area contributed by atoms with E-state index in [1.165, 1.54) is 4.90 Å². The molecule has 1 atom stereocenters. The van der Waals surface area contributed by atoms with E-state index in [-0.39, 0.29) is 36.9 Å². The van der Waals surface area contributed by atoms with Gasteiger partial charge in [-0.15, -0.1) is 0 Å². The highest BCUT2D eigenvalue weighted by molar-refractivity contribution is 6.07. The van der Waals surface area contributed by atoms with E-state index in [1.54, 1.807) is 0 Å². The third-order valence-electron chi connectivity index (χ3n) is 5.74. The number of carbonyl (C=O) groups is 3. The van der Waals surface area contributed by atoms with Crippen LogP contribution in [0.2, 0.25) is 0 Å². The molecule has 1 aliphatic carbocycles. The number of fused-ring (bicyclic) bond motifs is 1. The van der Waals surface area contributed by atoms with E-state index in [0.717, 1.165) is 23.8 Å². The van der Waals surface area contributed by atoms with Crippen LogP contribution in [0.5, 0.6) is 0 Å². The molecule has 2 fully saturated rings. The first-order valence-electron chi connectivity index (χ1n) is 9.90. The average molecular weight is 383 g/mol. The summed E-state index contributed by atoms with van der Waals surface area (Å²) in [5, 5.41) is 6.77. The molecule has 7 heteroatoms. The highest BCUT2D eigenvalue weighted by Crippen LogP contribution is 2.35. The van der Waals surface area contributed by atoms with E-state index in [9.17, 15) is 14.4 Å². The largest absolute Gasteiger partial charge is 0.459 e. The van der Waals surface area contributed by atoms with Crippen molar-refractivity contribution in [2.24, 2.45) is 0 Å². The van der Waals surface area contributed by atoms with E-state index >= 15 is 0 Å². The molecule has 1 saturated heterocycles. The van der Waals surface area contributed by atoms with Gasteiger partial charge in [0.1, 0.15) is 16.9 Å². The fourth-order valence-electron chi connectivity index (χ4n) is 4.20. The van der Waals surface area contributed by atoms with Crippen LogP contribution in [0.3, 0.4) is 0 Å². The molecule has 1 aromatic heterocycles. The van der Waals surface area contributed by atoms with Crippen molar-refractivity contribution in [3.05, 3.63) is 36.1 Å². The Balaban J connectivity index is 1.27. The second-order valence-corrected chi connectivity index (χ2v) is 7.76. The summed E-state index contributed by atoms with van der Waals surface area (Å²) >= 11 is 0. The molecular weight excluding hydrogens is 358 g/mol. The zero-order valence-corrected chi connectivity index (χ0v) is 16.0. The summed E-state index contributed by atoms with van der Waals surface area (Å²) in [6, 6.07) is 9.05. The zero-order valence-electron chi connectivity index (χ0n) is 16.0. The van der Waals surface area contributed by atoms with Gasteiger partial charge in [0.15, 0.2) is 0 Å². The lowest BCUT2D eigenvalue weighted by molar-refractivity contribution is -0.131. The molecule has 2 N–H and O–H groups in total. The van der Waals surface area contributed by atoms with E-state index in [1.807, 2.05) is 37.3 Å². The molecule has 1 aromatic carbocycles. The van der Waals surface area contributed by atoms with E-state index in [0.29, 0.717) is 25.0 Å². The van der Waals surface area contributed by atoms with Crippen molar-refractivity contribution >= 4 is 28.8 Å². The lowest BCUT2D eigenvalue weighted by Gasteiger charge is -2.20. The number of nitrogens with one attached hydrogen (secondary N) is 2. The van der Waals surface area contributed by atoms with Gasteiger partial charge in [-0.3, -0.25) is 14.5 Å². The number of amides is 4. The SMILES string of the molecule is C[C@H](NC(=O)CCCN1C(=O)NC2(CCCC2)C1=O)c1cc2ccccc2o1. The van der Waals surface area contributed by atoms with Crippen LogP contribution >= 0.6 is 0 Å². The van der Waals surface area contributed by atoms with Gasteiger partial charge in [0.05, 0.1) is 6.04 Å². The average Bonchev–Trinajstić information content (AvgIpc) is 3.36. The topological polar surface area (TPSA) is 91.7 Å². The summed E-state index contributed by atoms with van der Waals surface area (Å²) in [5.41, 5.74) is 0.104. The number of urea groups is 1. The van der Waals surface area contributed by atoms with Crippen LogP contribution < -0.4 is 10.6 Å². The van der Waals surface area contributed by atoms with Crippen LogP contribution in [-0.4, -0.2) is 34.8 Å². The Labute approximate surface area is 163 Å². The van der Waals surface area contributed by atoms with Crippen molar-refractivity contribution in [2.45, 2.75) is 57.0 Å². The van der Waals surface area contributed by atoms with Crippen molar-refractivity contribution in [2.75, 3.05) is 6.54 Å². The Morgan fingerprint density at radius 1 is 1.29 bits per heavy atom. The van der Waals surface area contributed by atoms with Crippen LogP contribution in [0.15, 0.2) is 34.7 Å². The lowest BCUT2D eigenvalue weighted by atomic mass is 9.98. The predicted molar refractivity (Wildman–Crippen MR) is 103 cm³/mol. The fraction of sp³-hybridized carbons (Fsp3) is 0.476. The number of carbonyl (C=O) groups excluding carboxylic acids is 3. The Morgan fingerprint density at radius 3 is 2.79 bits per heavy atom. The fourth-order valence-corrected chi connectivity index (χ4v) is 4.20. The maximum atomic E-state index is 12.6. The molecule has 4 rings (SSSR count). The van der Waals surface area contributed by atoms with E-state index in [4.69, 9.17) is 4.42 Å². The normalized spacial score (nSPS) is 19.4. The second kappa shape index (κ2) is 7.30. The van der Waals surface area contributed by atoms with Gasteiger partial charge in [-0.2, -0.15) is 0 Å². The number of hydrogen-bond donors (Lipinski definition) is 2. The minimum Gasteiger partial charge on any atom is -0.459 e. The molecule has 2 heterocycles. The predicted octanol–water partition coefficient (Wildman–Crippen LogP) is 3.25. The van der Waals surface area contributed by atoms with Crippen molar-refractivity contribution in [1.82, 2.24) is 15.5 Å². The Kier molecular flexibility index (Phi) is 4.83. The molecular formula is C21H25N3O4. The smallest absolute Gasteiger partial charge is 0.325 e. The van der Waals surface area contributed by atoms with Gasteiger partial charge in [-0.25, -0.2) is 4.79 Å². The number of para-hydroxylation sites is 1. The molecule has 0 unspecified atom stereocenters. The van der Waals surface area contributed by atoms with Crippen LogP contribution in [0.25, 0.3) is 11.0 Å². The molecule has 148 valence electrons. The van der Waals surface area contributed by atoms with Crippen LogP contribution in [0.4, 0.5) is 4.79 Å². The summed E-state index contributed by atoms with van der Waals surface area (Å²) in [6.07, 6.45) is 4.03. The Morgan fingerprint density at radius 2 is 2.04 bits per heavy atom. The summed E-state index contributed by atoms with van der Waals surface area (Å²) in [5.74, 6) is 0.438. The Bertz CT molecular complexity index is 880. The first-order chi connectivity index (χ1) is 13.5. The van der Waals surface area contributed by atoms with E-state index < -0.39 is 5.54 Å². The van der Waals surface area contributed by atoms with Gasteiger partial charge < -0.3 is 15.1 Å². The molecule has 1 saturated carbocycles. The molecule has 1 spiro atoms. The number of hydrogen-bond acceptors (Lipinski definition) is 4. The molecule has 2 aromatic rings. The van der Waals surface area contributed by atoms with Gasteiger partial charge >= 0.3 is 6.03 Å². The monoisotopic (exact) mass is 383 g/mol. The van der Waals surface area contributed by atoms with Crippen LogP contribution in [-0.2, 0) is 9.59 Å². The lowest BCUT2D eigenvalue weighted by Crippen LogP contribution is -2.44. The minimum absolute atomic E-state index is 0.129. The van der Waals surface area contributed by atoms with Crippen molar-refractivity contribution in [1.29, 1.82) is 0 Å². The van der Waals surface area contributed by atoms with E-state index in [2.05, 4.69) is 10.6 Å². The quantitative estimate of drug-likeness (QED) is 0.749. The molecule has 1 aliphatic heterocycles. The summed E-state index contributed by atoms with van der Waals surface area (Å²) < 4.78 is 5.78. The highest BCUT2D eigenvalue weighted by Gasteiger charge is 2.52. The van der Waals surface area contributed by atoms with Gasteiger partial charge in [0.25, 0.3) is 5.91 Å². The molecule has 7 nitrogen and oxygen atoms in total. The first-order valence-corrected chi connectivity index (χ1v) is 9.90. The summed E-state index contributed by atoms with van der Waals surface area (Å²) in [4.78, 5) is 38.3. The van der Waals surface area contributed by atoms with Gasteiger partial charge in [0, 0.05) is 18.4 Å². The van der Waals surface area contributed by atoms with Crippen molar-refractivity contribution in [3.8, 4) is 0 Å². The van der Waals surface area contributed by atoms with Gasteiger partial charge in [-0.05, 0) is 38.3 Å². The third-order valence-corrected chi connectivity index (χ3v) is 5.74. The second-order valence-electron chi connectivity index (χ2n) is 7.76. The van der Waals surface area contributed by atoms with Crippen LogP contribution in [0.1, 0.15) is 57.3 Å². The molecule has 28 heavy (non-hydrogen) atoms. The number of furan rings is 1. The number of imide groups is 1. The summed E-state index contributed by atoms with van der Waals surface area (Å²) in [6.45, 7) is 2.13. The maximum Gasteiger partial charge on any atom is 0.325 e. The van der Waals surface area contributed by atoms with Gasteiger partial charge in [-0.1, -0.05) is 31.0 Å². The molecule has 0 bridgehead atoms. The zero-order chi connectivity index (χ0) is 19.7. The number of nitrogens with zero attached hydrogens (tertiary/aromatic N) is 1. The molecule has 2 aliphatic rings. The maximum absolute atomic E-state index is 12.6. The number of rotatable bonds is 6. The van der Waals surface area contributed by atoms with Crippen molar-refractivity contribution < 1.29 is 18.8 Å². The van der Waals surface area contributed by atoms with Crippen LogP contribution in [0, 0.1) is 0 Å². The minimum atomic E-state index is -0.685. The van der Waals surface area contributed by atoms with Crippen molar-refractivity contribution in [3.63, 3.8) is 0 Å². The molecule has 0 radical (unpaired) electrons. The highest BCUT2D eigenvalue weighted by atomic mass is 16.3.